The molecule has 0 aromatic heterocycles. The predicted molar refractivity (Wildman–Crippen MR) is 134 cm³/mol. The Morgan fingerprint density at radius 1 is 1.06 bits per heavy atom. The summed E-state index contributed by atoms with van der Waals surface area (Å²) in [5, 5.41) is 9.45. The zero-order chi connectivity index (χ0) is 23.5. The zero-order valence-electron chi connectivity index (χ0n) is 20.5. The van der Waals surface area contributed by atoms with Gasteiger partial charge in [-0.25, -0.2) is 4.79 Å². The summed E-state index contributed by atoms with van der Waals surface area (Å²) in [6, 6.07) is 5.61. The fourth-order valence-electron chi connectivity index (χ4n) is 7.31. The molecule has 7 nitrogen and oxygen atoms in total. The molecule has 0 atom stereocenters. The molecular formula is C27H40N4O3. The van der Waals surface area contributed by atoms with Crippen LogP contribution in [0.2, 0.25) is 0 Å². The van der Waals surface area contributed by atoms with Crippen molar-refractivity contribution in [3.05, 3.63) is 23.8 Å². The first-order valence-corrected chi connectivity index (χ1v) is 13.4. The number of benzene rings is 1. The molecular weight excluding hydrogens is 428 g/mol. The maximum atomic E-state index is 13.1. The van der Waals surface area contributed by atoms with E-state index in [0.717, 1.165) is 75.1 Å². The first-order chi connectivity index (χ1) is 16.5. The van der Waals surface area contributed by atoms with Crippen LogP contribution in [0.4, 0.5) is 16.2 Å². The van der Waals surface area contributed by atoms with E-state index in [1.54, 1.807) is 0 Å². The summed E-state index contributed by atoms with van der Waals surface area (Å²) in [4.78, 5) is 28.4. The Kier molecular flexibility index (Phi) is 7.00. The van der Waals surface area contributed by atoms with Crippen molar-refractivity contribution < 1.29 is 14.3 Å². The van der Waals surface area contributed by atoms with E-state index in [9.17, 15) is 9.59 Å². The number of nitrogens with zero attached hydrogens (tertiary/aromatic N) is 1. The molecule has 0 spiro atoms. The molecule has 0 radical (unpaired) electrons. The van der Waals surface area contributed by atoms with Gasteiger partial charge in [-0.3, -0.25) is 4.79 Å². The van der Waals surface area contributed by atoms with Crippen LogP contribution < -0.4 is 20.9 Å². The molecule has 6 rings (SSSR count). The van der Waals surface area contributed by atoms with Crippen LogP contribution in [-0.2, 0) is 4.74 Å². The number of carbonyl (C=O) groups excluding carboxylic acids is 2. The molecule has 3 amide bonds. The van der Waals surface area contributed by atoms with Gasteiger partial charge in [-0.15, -0.1) is 0 Å². The summed E-state index contributed by atoms with van der Waals surface area (Å²) in [6.45, 7) is 5.79. The SMILES string of the molecule is CCOCCCNC(=O)c1cc(NC(=O)NC23CC4CC(CC(C4)C2)C3)ccc1N1CCCC1. The standard InChI is InChI=1S/C27H40N4O3/c1-2-34-11-5-8-28-25(32)23-15-22(6-7-24(23)31-9-3-4-10-31)29-26(33)30-27-16-19-12-20(17-27)14-21(13-19)18-27/h6-7,15,19-21H,2-5,8-14,16-18H2,1H3,(H,28,32)(H2,29,30,33). The van der Waals surface area contributed by atoms with Gasteiger partial charge >= 0.3 is 6.03 Å². The fourth-order valence-corrected chi connectivity index (χ4v) is 7.31. The van der Waals surface area contributed by atoms with Gasteiger partial charge in [0.15, 0.2) is 0 Å². The highest BCUT2D eigenvalue weighted by Crippen LogP contribution is 2.55. The Morgan fingerprint density at radius 2 is 1.74 bits per heavy atom. The minimum Gasteiger partial charge on any atom is -0.382 e. The van der Waals surface area contributed by atoms with E-state index in [1.807, 2.05) is 25.1 Å². The van der Waals surface area contributed by atoms with Crippen LogP contribution in [0.25, 0.3) is 0 Å². The van der Waals surface area contributed by atoms with Gasteiger partial charge in [-0.05, 0) is 101 Å². The van der Waals surface area contributed by atoms with E-state index in [4.69, 9.17) is 4.74 Å². The normalized spacial score (nSPS) is 29.3. The Hall–Kier alpha value is -2.28. The molecule has 1 saturated heterocycles. The monoisotopic (exact) mass is 468 g/mol. The summed E-state index contributed by atoms with van der Waals surface area (Å²) >= 11 is 0. The Bertz CT molecular complexity index is 861. The van der Waals surface area contributed by atoms with E-state index >= 15 is 0 Å². The summed E-state index contributed by atoms with van der Waals surface area (Å²) in [5.41, 5.74) is 2.22. The third-order valence-corrected chi connectivity index (χ3v) is 8.32. The smallest absolute Gasteiger partial charge is 0.319 e. The minimum absolute atomic E-state index is 0.0326. The van der Waals surface area contributed by atoms with E-state index in [-0.39, 0.29) is 17.5 Å². The van der Waals surface area contributed by atoms with Crippen molar-refractivity contribution in [2.24, 2.45) is 17.8 Å². The molecule has 1 aromatic rings. The molecule has 4 bridgehead atoms. The Morgan fingerprint density at radius 3 is 2.38 bits per heavy atom. The van der Waals surface area contributed by atoms with Gasteiger partial charge in [0, 0.05) is 49.8 Å². The lowest BCUT2D eigenvalue weighted by atomic mass is 9.53. The number of urea groups is 1. The van der Waals surface area contributed by atoms with Crippen LogP contribution in [-0.4, -0.2) is 50.3 Å². The van der Waals surface area contributed by atoms with Crippen LogP contribution in [0.3, 0.4) is 0 Å². The molecule has 5 aliphatic rings. The maximum absolute atomic E-state index is 13.1. The van der Waals surface area contributed by atoms with E-state index < -0.39 is 0 Å². The largest absolute Gasteiger partial charge is 0.382 e. The first-order valence-electron chi connectivity index (χ1n) is 13.4. The average molecular weight is 469 g/mol. The lowest BCUT2D eigenvalue weighted by Gasteiger charge is -2.56. The van der Waals surface area contributed by atoms with Crippen LogP contribution in [0.5, 0.6) is 0 Å². The summed E-state index contributed by atoms with van der Waals surface area (Å²) < 4.78 is 5.37. The van der Waals surface area contributed by atoms with Gasteiger partial charge in [0.05, 0.1) is 5.56 Å². The van der Waals surface area contributed by atoms with Crippen molar-refractivity contribution in [3.8, 4) is 0 Å². The molecule has 186 valence electrons. The molecule has 0 unspecified atom stereocenters. The molecule has 4 saturated carbocycles. The zero-order valence-corrected chi connectivity index (χ0v) is 20.5. The predicted octanol–water partition coefficient (Wildman–Crippen LogP) is 4.53. The number of anilines is 2. The molecule has 3 N–H and O–H groups in total. The first kappa shape index (κ1) is 23.5. The third-order valence-electron chi connectivity index (χ3n) is 8.32. The minimum atomic E-state index is -0.140. The highest BCUT2D eigenvalue weighted by atomic mass is 16.5. The molecule has 1 aliphatic heterocycles. The number of nitrogens with one attached hydrogen (secondary N) is 3. The molecule has 4 aliphatic carbocycles. The number of amides is 3. The number of hydrogen-bond donors (Lipinski definition) is 3. The van der Waals surface area contributed by atoms with Crippen LogP contribution >= 0.6 is 0 Å². The fraction of sp³-hybridized carbons (Fsp3) is 0.704. The van der Waals surface area contributed by atoms with E-state index in [1.165, 1.54) is 19.3 Å². The Labute approximate surface area is 203 Å². The second-order valence-corrected chi connectivity index (χ2v) is 11.0. The maximum Gasteiger partial charge on any atom is 0.319 e. The summed E-state index contributed by atoms with van der Waals surface area (Å²) in [5.74, 6) is 2.25. The topological polar surface area (TPSA) is 82.7 Å². The van der Waals surface area contributed by atoms with Gasteiger partial charge in [-0.1, -0.05) is 0 Å². The number of hydrogen-bond acceptors (Lipinski definition) is 4. The second kappa shape index (κ2) is 10.1. The van der Waals surface area contributed by atoms with Gasteiger partial charge < -0.3 is 25.6 Å². The van der Waals surface area contributed by atoms with Crippen molar-refractivity contribution in [2.75, 3.05) is 43.1 Å². The summed E-state index contributed by atoms with van der Waals surface area (Å²) in [6.07, 6.45) is 10.5. The van der Waals surface area contributed by atoms with E-state index in [2.05, 4.69) is 20.9 Å². The quantitative estimate of drug-likeness (QED) is 0.465. The van der Waals surface area contributed by atoms with Crippen molar-refractivity contribution >= 4 is 23.3 Å². The van der Waals surface area contributed by atoms with Gasteiger partial charge in [0.1, 0.15) is 0 Å². The molecule has 34 heavy (non-hydrogen) atoms. The summed E-state index contributed by atoms with van der Waals surface area (Å²) in [7, 11) is 0. The lowest BCUT2D eigenvalue weighted by molar-refractivity contribution is -0.0127. The molecule has 7 heteroatoms. The highest BCUT2D eigenvalue weighted by molar-refractivity contribution is 6.02. The average Bonchev–Trinajstić information content (AvgIpc) is 3.32. The van der Waals surface area contributed by atoms with E-state index in [0.29, 0.717) is 31.0 Å². The van der Waals surface area contributed by atoms with Crippen molar-refractivity contribution in [3.63, 3.8) is 0 Å². The van der Waals surface area contributed by atoms with Crippen LogP contribution in [0, 0.1) is 17.8 Å². The Balaban J connectivity index is 1.25. The number of carbonyl (C=O) groups is 2. The molecule has 1 aromatic carbocycles. The molecule has 5 fully saturated rings. The third kappa shape index (κ3) is 5.19. The number of ether oxygens (including phenoxy) is 1. The lowest BCUT2D eigenvalue weighted by Crippen LogP contribution is -2.60. The van der Waals surface area contributed by atoms with Crippen LogP contribution in [0.1, 0.15) is 75.1 Å². The van der Waals surface area contributed by atoms with Crippen molar-refractivity contribution in [1.82, 2.24) is 10.6 Å². The second-order valence-electron chi connectivity index (χ2n) is 11.0. The molecule has 1 heterocycles. The van der Waals surface area contributed by atoms with Crippen molar-refractivity contribution in [1.29, 1.82) is 0 Å². The van der Waals surface area contributed by atoms with Gasteiger partial charge in [0.25, 0.3) is 5.91 Å². The van der Waals surface area contributed by atoms with Crippen LogP contribution in [0.15, 0.2) is 18.2 Å². The van der Waals surface area contributed by atoms with Gasteiger partial charge in [-0.2, -0.15) is 0 Å². The number of rotatable bonds is 9. The van der Waals surface area contributed by atoms with Gasteiger partial charge in [0.2, 0.25) is 0 Å². The van der Waals surface area contributed by atoms with Crippen molar-refractivity contribution in [2.45, 2.75) is 70.3 Å². The highest BCUT2D eigenvalue weighted by Gasteiger charge is 2.51.